The number of hydrogen-bond acceptors (Lipinski definition) is 5. The largest absolute Gasteiger partial charge is 0.435 e. The predicted molar refractivity (Wildman–Crippen MR) is 147 cm³/mol. The first-order valence-electron chi connectivity index (χ1n) is 13.9. The number of nitrogens with one attached hydrogen (secondary N) is 2. The zero-order valence-electron chi connectivity index (χ0n) is 23.5. The maximum atomic E-state index is 14.4. The zero-order valence-corrected chi connectivity index (χ0v) is 23.5. The standard InChI is InChI=1S/C31H25F6N5O3/c1-38-30(45)21-10-15(4-5-22(21)34)18-3-2-6-39-26(18)23(9-14-7-16(32)11-17(33)8-14)40-24(43)13-42-27-25(19-12-20(19)28(27)44)29(41-42)31(35,36)37/h2-8,10-11,19-20,23,28,44H,9,12-13H2,1H3,(H,38,45)(H,40,43)/t19?,20?,23-,28?/m0/s1. The first kappa shape index (κ1) is 30.3. The molecule has 8 nitrogen and oxygen atoms in total. The summed E-state index contributed by atoms with van der Waals surface area (Å²) < 4.78 is 85.0. The summed E-state index contributed by atoms with van der Waals surface area (Å²) in [5.41, 5.74) is -0.575. The fourth-order valence-corrected chi connectivity index (χ4v) is 6.09. The Hall–Kier alpha value is -4.72. The lowest BCUT2D eigenvalue weighted by Gasteiger charge is -2.22. The molecule has 0 radical (unpaired) electrons. The highest BCUT2D eigenvalue weighted by Crippen LogP contribution is 2.63. The Morgan fingerprint density at radius 1 is 1.09 bits per heavy atom. The van der Waals surface area contributed by atoms with Gasteiger partial charge in [-0.25, -0.2) is 13.2 Å². The van der Waals surface area contributed by atoms with Crippen LogP contribution in [0.25, 0.3) is 11.1 Å². The second kappa shape index (κ2) is 11.3. The van der Waals surface area contributed by atoms with Gasteiger partial charge < -0.3 is 15.7 Å². The topological polar surface area (TPSA) is 109 Å². The van der Waals surface area contributed by atoms with E-state index >= 15 is 0 Å². The normalized spacial score (nSPS) is 19.1. The Morgan fingerprint density at radius 3 is 2.51 bits per heavy atom. The smallest absolute Gasteiger partial charge is 0.386 e. The minimum absolute atomic E-state index is 0.0611. The minimum atomic E-state index is -4.79. The third-order valence-corrected chi connectivity index (χ3v) is 8.10. The van der Waals surface area contributed by atoms with Gasteiger partial charge in [0.05, 0.1) is 29.1 Å². The molecule has 2 amide bonds. The molecule has 4 aromatic rings. The zero-order chi connectivity index (χ0) is 32.2. The molecule has 2 heterocycles. The van der Waals surface area contributed by atoms with Crippen molar-refractivity contribution >= 4 is 11.8 Å². The second-order valence-electron chi connectivity index (χ2n) is 11.1. The van der Waals surface area contributed by atoms with E-state index in [-0.39, 0.29) is 40.4 Å². The van der Waals surface area contributed by atoms with Crippen LogP contribution in [0.3, 0.4) is 0 Å². The lowest BCUT2D eigenvalue weighted by atomic mass is 9.94. The Morgan fingerprint density at radius 2 is 1.82 bits per heavy atom. The third kappa shape index (κ3) is 5.77. The van der Waals surface area contributed by atoms with Gasteiger partial charge >= 0.3 is 6.18 Å². The summed E-state index contributed by atoms with van der Waals surface area (Å²) in [6.45, 7) is -0.692. The molecule has 2 aliphatic rings. The predicted octanol–water partition coefficient (Wildman–Crippen LogP) is 4.99. The molecule has 0 bridgehead atoms. The molecule has 2 aromatic heterocycles. The number of hydrogen-bond donors (Lipinski definition) is 3. The fraction of sp³-hybridized carbons (Fsp3) is 0.290. The minimum Gasteiger partial charge on any atom is -0.386 e. The summed E-state index contributed by atoms with van der Waals surface area (Å²) in [7, 11) is 1.34. The highest BCUT2D eigenvalue weighted by molar-refractivity contribution is 5.95. The molecule has 0 saturated heterocycles. The molecular formula is C31H25F6N5O3. The molecule has 234 valence electrons. The van der Waals surface area contributed by atoms with Gasteiger partial charge in [-0.05, 0) is 66.1 Å². The van der Waals surface area contributed by atoms with Crippen LogP contribution in [0.4, 0.5) is 26.3 Å². The molecule has 3 N–H and O–H groups in total. The van der Waals surface area contributed by atoms with Crippen molar-refractivity contribution in [3.05, 3.63) is 106 Å². The van der Waals surface area contributed by atoms with E-state index in [2.05, 4.69) is 20.7 Å². The summed E-state index contributed by atoms with van der Waals surface area (Å²) in [6, 6.07) is 8.60. The summed E-state index contributed by atoms with van der Waals surface area (Å²) in [4.78, 5) is 30.1. The van der Waals surface area contributed by atoms with Crippen molar-refractivity contribution in [3.63, 3.8) is 0 Å². The van der Waals surface area contributed by atoms with E-state index in [1.807, 2.05) is 0 Å². The molecule has 2 aliphatic carbocycles. The van der Waals surface area contributed by atoms with E-state index < -0.39 is 65.7 Å². The summed E-state index contributed by atoms with van der Waals surface area (Å²) in [6.07, 6.45) is -4.41. The highest BCUT2D eigenvalue weighted by Gasteiger charge is 2.58. The highest BCUT2D eigenvalue weighted by atomic mass is 19.4. The SMILES string of the molecule is CNC(=O)c1cc(-c2cccnc2[C@H](Cc2cc(F)cc(F)c2)NC(=O)Cn2nc(C(F)(F)F)c3c2C(O)C2CC32)ccc1F. The van der Waals surface area contributed by atoms with Gasteiger partial charge in [0, 0.05) is 30.4 Å². The van der Waals surface area contributed by atoms with Gasteiger partial charge in [-0.2, -0.15) is 18.3 Å². The van der Waals surface area contributed by atoms with Crippen molar-refractivity contribution in [2.75, 3.05) is 7.05 Å². The van der Waals surface area contributed by atoms with Gasteiger partial charge in [0.2, 0.25) is 5.91 Å². The van der Waals surface area contributed by atoms with Gasteiger partial charge in [0.15, 0.2) is 5.69 Å². The summed E-state index contributed by atoms with van der Waals surface area (Å²) in [5, 5.41) is 19.3. The lowest BCUT2D eigenvalue weighted by Crippen LogP contribution is -2.34. The monoisotopic (exact) mass is 629 g/mol. The van der Waals surface area contributed by atoms with Crippen LogP contribution in [-0.4, -0.2) is 38.7 Å². The first-order valence-corrected chi connectivity index (χ1v) is 13.9. The van der Waals surface area contributed by atoms with Crippen molar-refractivity contribution in [2.24, 2.45) is 5.92 Å². The Labute approximate surface area is 252 Å². The Balaban J connectivity index is 1.37. The molecule has 1 saturated carbocycles. The lowest BCUT2D eigenvalue weighted by molar-refractivity contribution is -0.142. The average Bonchev–Trinajstić information content (AvgIpc) is 3.60. The van der Waals surface area contributed by atoms with E-state index in [0.717, 1.165) is 22.9 Å². The van der Waals surface area contributed by atoms with Crippen LogP contribution in [0, 0.1) is 23.4 Å². The summed E-state index contributed by atoms with van der Waals surface area (Å²) in [5.74, 6) is -4.88. The van der Waals surface area contributed by atoms with Crippen molar-refractivity contribution in [1.29, 1.82) is 0 Å². The van der Waals surface area contributed by atoms with Crippen LogP contribution in [0.15, 0.2) is 54.7 Å². The number of pyridine rings is 1. The number of aliphatic hydroxyl groups excluding tert-OH is 1. The van der Waals surface area contributed by atoms with Crippen LogP contribution < -0.4 is 10.6 Å². The maximum absolute atomic E-state index is 14.4. The molecular weight excluding hydrogens is 604 g/mol. The first-order chi connectivity index (χ1) is 21.3. The number of benzene rings is 2. The second-order valence-corrected chi connectivity index (χ2v) is 11.1. The van der Waals surface area contributed by atoms with Gasteiger partial charge in [-0.3, -0.25) is 19.3 Å². The third-order valence-electron chi connectivity index (χ3n) is 8.10. The number of aliphatic hydroxyl groups is 1. The molecule has 14 heteroatoms. The number of carbonyl (C=O) groups excluding carboxylic acids is 2. The fourth-order valence-electron chi connectivity index (χ4n) is 6.09. The van der Waals surface area contributed by atoms with E-state index in [0.29, 0.717) is 23.6 Å². The van der Waals surface area contributed by atoms with Crippen molar-refractivity contribution in [2.45, 2.75) is 43.6 Å². The van der Waals surface area contributed by atoms with E-state index in [1.165, 1.54) is 25.4 Å². The molecule has 1 fully saturated rings. The van der Waals surface area contributed by atoms with E-state index in [1.54, 1.807) is 12.1 Å². The van der Waals surface area contributed by atoms with Crippen molar-refractivity contribution in [3.8, 4) is 11.1 Å². The quantitative estimate of drug-likeness (QED) is 0.238. The molecule has 6 rings (SSSR count). The maximum Gasteiger partial charge on any atom is 0.435 e. The number of halogens is 6. The van der Waals surface area contributed by atoms with Crippen LogP contribution in [0.1, 0.15) is 63.1 Å². The van der Waals surface area contributed by atoms with Gasteiger partial charge in [0.1, 0.15) is 24.0 Å². The number of fused-ring (bicyclic) bond motifs is 3. The number of aromatic nitrogens is 3. The number of rotatable bonds is 8. The van der Waals surface area contributed by atoms with Gasteiger partial charge in [-0.15, -0.1) is 0 Å². The van der Waals surface area contributed by atoms with Crippen LogP contribution in [0.2, 0.25) is 0 Å². The average molecular weight is 630 g/mol. The van der Waals surface area contributed by atoms with E-state index in [9.17, 15) is 41.0 Å². The van der Waals surface area contributed by atoms with Gasteiger partial charge in [-0.1, -0.05) is 12.1 Å². The summed E-state index contributed by atoms with van der Waals surface area (Å²) >= 11 is 0. The molecule has 0 spiro atoms. The molecule has 3 unspecified atom stereocenters. The molecule has 0 aliphatic heterocycles. The van der Waals surface area contributed by atoms with E-state index in [4.69, 9.17) is 0 Å². The number of carbonyl (C=O) groups is 2. The number of amides is 2. The van der Waals surface area contributed by atoms with Crippen molar-refractivity contribution < 1.29 is 41.0 Å². The van der Waals surface area contributed by atoms with Crippen molar-refractivity contribution in [1.82, 2.24) is 25.4 Å². The van der Waals surface area contributed by atoms with Crippen LogP contribution in [-0.2, 0) is 23.9 Å². The Kier molecular flexibility index (Phi) is 7.63. The van der Waals surface area contributed by atoms with Crippen LogP contribution >= 0.6 is 0 Å². The Bertz CT molecular complexity index is 1800. The molecule has 2 aromatic carbocycles. The van der Waals surface area contributed by atoms with Gasteiger partial charge in [0.25, 0.3) is 5.91 Å². The van der Waals surface area contributed by atoms with Crippen LogP contribution in [0.5, 0.6) is 0 Å². The number of nitrogens with zero attached hydrogens (tertiary/aromatic N) is 3. The number of alkyl halides is 3. The molecule has 45 heavy (non-hydrogen) atoms. The molecule has 4 atom stereocenters.